The Morgan fingerprint density at radius 2 is 2.42 bits per heavy atom. The minimum Gasteiger partial charge on any atom is -0.492 e. The predicted molar refractivity (Wildman–Crippen MR) is 76.8 cm³/mol. The van der Waals surface area contributed by atoms with Crippen molar-refractivity contribution in [3.63, 3.8) is 0 Å². The van der Waals surface area contributed by atoms with E-state index in [-0.39, 0.29) is 11.8 Å². The lowest BCUT2D eigenvalue weighted by Crippen LogP contribution is -2.37. The van der Waals surface area contributed by atoms with Gasteiger partial charge in [-0.2, -0.15) is 0 Å². The van der Waals surface area contributed by atoms with E-state index in [9.17, 15) is 4.79 Å². The van der Waals surface area contributed by atoms with E-state index in [1.54, 1.807) is 12.1 Å². The highest BCUT2D eigenvalue weighted by molar-refractivity contribution is 6.32. The van der Waals surface area contributed by atoms with Crippen LogP contribution in [0.15, 0.2) is 18.2 Å². The van der Waals surface area contributed by atoms with E-state index in [2.05, 4.69) is 10.6 Å². The second-order valence-corrected chi connectivity index (χ2v) is 5.02. The number of piperidine rings is 1. The maximum absolute atomic E-state index is 12.1. The molecular formula is C14H19ClN2O2. The second kappa shape index (κ2) is 6.78. The molecule has 1 atom stereocenters. The Hall–Kier alpha value is -1.26. The number of carbonyl (C=O) groups excluding carboxylic acids is 1. The van der Waals surface area contributed by atoms with Crippen LogP contribution in [0.25, 0.3) is 0 Å². The number of rotatable bonds is 4. The van der Waals surface area contributed by atoms with Gasteiger partial charge in [-0.25, -0.2) is 0 Å². The second-order valence-electron chi connectivity index (χ2n) is 4.61. The Bertz CT molecular complexity index is 445. The van der Waals surface area contributed by atoms with Crippen molar-refractivity contribution in [1.29, 1.82) is 0 Å². The topological polar surface area (TPSA) is 50.4 Å². The van der Waals surface area contributed by atoms with Crippen LogP contribution in [0, 0.1) is 5.92 Å². The lowest BCUT2D eigenvalue weighted by atomic mass is 9.99. The molecule has 1 aromatic carbocycles. The summed E-state index contributed by atoms with van der Waals surface area (Å²) in [5.74, 6) is 0.730. The first-order chi connectivity index (χ1) is 9.20. The zero-order valence-corrected chi connectivity index (χ0v) is 11.8. The zero-order chi connectivity index (χ0) is 13.7. The van der Waals surface area contributed by atoms with Crippen LogP contribution in [0.4, 0.5) is 5.69 Å². The largest absolute Gasteiger partial charge is 0.492 e. The van der Waals surface area contributed by atoms with Gasteiger partial charge in [0.1, 0.15) is 5.75 Å². The first kappa shape index (κ1) is 14.2. The molecule has 0 aromatic heterocycles. The number of halogens is 1. The number of benzene rings is 1. The molecule has 0 spiro atoms. The van der Waals surface area contributed by atoms with Crippen molar-refractivity contribution < 1.29 is 9.53 Å². The number of hydrogen-bond donors (Lipinski definition) is 2. The van der Waals surface area contributed by atoms with Gasteiger partial charge < -0.3 is 15.4 Å². The monoisotopic (exact) mass is 282 g/mol. The lowest BCUT2D eigenvalue weighted by molar-refractivity contribution is -0.120. The standard InChI is InChI=1S/C14H19ClN2O2/c1-2-19-13-6-5-11(8-12(13)15)17-14(18)10-4-3-7-16-9-10/h5-6,8,10,16H,2-4,7,9H2,1H3,(H,17,18)/t10-/m0/s1. The van der Waals surface area contributed by atoms with Gasteiger partial charge in [-0.15, -0.1) is 0 Å². The Kier molecular flexibility index (Phi) is 5.05. The van der Waals surface area contributed by atoms with Crippen molar-refractivity contribution in [3.8, 4) is 5.75 Å². The van der Waals surface area contributed by atoms with E-state index < -0.39 is 0 Å². The van der Waals surface area contributed by atoms with Crippen LogP contribution in [0.2, 0.25) is 5.02 Å². The molecule has 0 bridgehead atoms. The summed E-state index contributed by atoms with van der Waals surface area (Å²) in [6.45, 7) is 4.22. The van der Waals surface area contributed by atoms with Gasteiger partial charge in [0.2, 0.25) is 5.91 Å². The number of hydrogen-bond acceptors (Lipinski definition) is 3. The van der Waals surface area contributed by atoms with Crippen molar-refractivity contribution in [3.05, 3.63) is 23.2 Å². The zero-order valence-electron chi connectivity index (χ0n) is 11.0. The summed E-state index contributed by atoms with van der Waals surface area (Å²) in [7, 11) is 0. The molecule has 1 aromatic rings. The van der Waals surface area contributed by atoms with Crippen molar-refractivity contribution in [2.75, 3.05) is 25.0 Å². The Morgan fingerprint density at radius 3 is 3.05 bits per heavy atom. The Morgan fingerprint density at radius 1 is 1.58 bits per heavy atom. The molecule has 5 heteroatoms. The summed E-state index contributed by atoms with van der Waals surface area (Å²) >= 11 is 6.09. The first-order valence-corrected chi connectivity index (χ1v) is 7.02. The van der Waals surface area contributed by atoms with Gasteiger partial charge in [0.15, 0.2) is 0 Å². The number of amides is 1. The van der Waals surface area contributed by atoms with Crippen LogP contribution < -0.4 is 15.4 Å². The summed E-state index contributed by atoms with van der Waals surface area (Å²) in [6, 6.07) is 5.31. The van der Waals surface area contributed by atoms with Crippen molar-refractivity contribution in [2.24, 2.45) is 5.92 Å². The number of carbonyl (C=O) groups is 1. The van der Waals surface area contributed by atoms with Gasteiger partial charge in [-0.1, -0.05) is 11.6 Å². The van der Waals surface area contributed by atoms with Crippen molar-refractivity contribution >= 4 is 23.2 Å². The fraction of sp³-hybridized carbons (Fsp3) is 0.500. The lowest BCUT2D eigenvalue weighted by Gasteiger charge is -2.22. The van der Waals surface area contributed by atoms with E-state index in [0.29, 0.717) is 23.1 Å². The van der Waals surface area contributed by atoms with Crippen LogP contribution in [-0.4, -0.2) is 25.6 Å². The fourth-order valence-electron chi connectivity index (χ4n) is 2.17. The first-order valence-electron chi connectivity index (χ1n) is 6.64. The fourth-order valence-corrected chi connectivity index (χ4v) is 2.41. The van der Waals surface area contributed by atoms with Crippen LogP contribution in [-0.2, 0) is 4.79 Å². The van der Waals surface area contributed by atoms with E-state index in [4.69, 9.17) is 16.3 Å². The minimum atomic E-state index is 0.0408. The Labute approximate surface area is 118 Å². The van der Waals surface area contributed by atoms with Gasteiger partial charge in [-0.05, 0) is 44.5 Å². The number of anilines is 1. The molecule has 0 radical (unpaired) electrons. The molecule has 1 amide bonds. The molecule has 0 unspecified atom stereocenters. The maximum Gasteiger partial charge on any atom is 0.228 e. The molecule has 1 aliphatic heterocycles. The third kappa shape index (κ3) is 3.85. The molecule has 1 saturated heterocycles. The molecule has 104 valence electrons. The smallest absolute Gasteiger partial charge is 0.228 e. The van der Waals surface area contributed by atoms with Gasteiger partial charge in [0.25, 0.3) is 0 Å². The molecule has 0 aliphatic carbocycles. The summed E-state index contributed by atoms with van der Waals surface area (Å²) in [5.41, 5.74) is 0.712. The van der Waals surface area contributed by atoms with Crippen LogP contribution in [0.5, 0.6) is 5.75 Å². The molecule has 2 N–H and O–H groups in total. The Balaban J connectivity index is 1.98. The van der Waals surface area contributed by atoms with E-state index in [1.165, 1.54) is 0 Å². The molecule has 1 fully saturated rings. The van der Waals surface area contributed by atoms with E-state index in [1.807, 2.05) is 13.0 Å². The third-order valence-corrected chi connectivity index (χ3v) is 3.46. The quantitative estimate of drug-likeness (QED) is 0.893. The van der Waals surface area contributed by atoms with E-state index >= 15 is 0 Å². The maximum atomic E-state index is 12.1. The average Bonchev–Trinajstić information content (AvgIpc) is 2.43. The molecule has 0 saturated carbocycles. The van der Waals surface area contributed by atoms with Gasteiger partial charge in [-0.3, -0.25) is 4.79 Å². The summed E-state index contributed by atoms with van der Waals surface area (Å²) in [4.78, 5) is 12.1. The predicted octanol–water partition coefficient (Wildman–Crippen LogP) is 2.68. The average molecular weight is 283 g/mol. The van der Waals surface area contributed by atoms with Crippen molar-refractivity contribution in [1.82, 2.24) is 5.32 Å². The molecule has 1 heterocycles. The minimum absolute atomic E-state index is 0.0408. The normalized spacial score (nSPS) is 18.9. The highest BCUT2D eigenvalue weighted by atomic mass is 35.5. The molecule has 19 heavy (non-hydrogen) atoms. The van der Waals surface area contributed by atoms with Gasteiger partial charge >= 0.3 is 0 Å². The molecule has 2 rings (SSSR count). The highest BCUT2D eigenvalue weighted by Gasteiger charge is 2.20. The van der Waals surface area contributed by atoms with Crippen LogP contribution in [0.3, 0.4) is 0 Å². The third-order valence-electron chi connectivity index (χ3n) is 3.17. The van der Waals surface area contributed by atoms with Gasteiger partial charge in [0, 0.05) is 12.2 Å². The SMILES string of the molecule is CCOc1ccc(NC(=O)[C@H]2CCCNC2)cc1Cl. The highest BCUT2D eigenvalue weighted by Crippen LogP contribution is 2.28. The molecular weight excluding hydrogens is 264 g/mol. The summed E-state index contributed by atoms with van der Waals surface area (Å²) < 4.78 is 5.36. The van der Waals surface area contributed by atoms with Gasteiger partial charge in [0.05, 0.1) is 17.5 Å². The number of ether oxygens (including phenoxy) is 1. The van der Waals surface area contributed by atoms with Crippen LogP contribution >= 0.6 is 11.6 Å². The summed E-state index contributed by atoms with van der Waals surface area (Å²) in [6.07, 6.45) is 1.98. The van der Waals surface area contributed by atoms with Crippen LogP contribution in [0.1, 0.15) is 19.8 Å². The van der Waals surface area contributed by atoms with E-state index in [0.717, 1.165) is 25.9 Å². The number of nitrogens with one attached hydrogen (secondary N) is 2. The molecule has 4 nitrogen and oxygen atoms in total. The molecule has 1 aliphatic rings. The summed E-state index contributed by atoms with van der Waals surface area (Å²) in [5, 5.41) is 6.65. The van der Waals surface area contributed by atoms with Crippen molar-refractivity contribution in [2.45, 2.75) is 19.8 Å².